The number of rotatable bonds is 9. The Morgan fingerprint density at radius 1 is 0.943 bits per heavy atom. The van der Waals surface area contributed by atoms with Crippen LogP contribution in [0.3, 0.4) is 0 Å². The van der Waals surface area contributed by atoms with Crippen LogP contribution in [0.4, 0.5) is 10.2 Å². The van der Waals surface area contributed by atoms with E-state index in [-0.39, 0.29) is 30.6 Å². The van der Waals surface area contributed by atoms with Crippen LogP contribution >= 0.6 is 0 Å². The molecule has 0 saturated heterocycles. The minimum absolute atomic E-state index is 0.0746. The number of aromatic nitrogens is 2. The first-order chi connectivity index (χ1) is 17.0. The molecule has 0 fully saturated rings. The zero-order valence-electron chi connectivity index (χ0n) is 19.5. The fraction of sp³-hybridized carbons (Fsp3) is 0.179. The summed E-state index contributed by atoms with van der Waals surface area (Å²) in [5, 5.41) is 7.53. The third-order valence-corrected chi connectivity index (χ3v) is 5.50. The van der Waals surface area contributed by atoms with Crippen LogP contribution in [0.15, 0.2) is 91.0 Å². The van der Waals surface area contributed by atoms with Gasteiger partial charge in [0.1, 0.15) is 11.6 Å². The summed E-state index contributed by atoms with van der Waals surface area (Å²) in [7, 11) is 0. The van der Waals surface area contributed by atoms with Crippen LogP contribution in [0, 0.1) is 5.82 Å². The lowest BCUT2D eigenvalue weighted by Gasteiger charge is -2.22. The maximum absolute atomic E-state index is 13.5. The molecule has 2 amide bonds. The molecule has 7 heteroatoms. The van der Waals surface area contributed by atoms with Crippen molar-refractivity contribution in [2.75, 3.05) is 18.4 Å². The van der Waals surface area contributed by atoms with Crippen molar-refractivity contribution in [3.63, 3.8) is 0 Å². The molecule has 1 heterocycles. The van der Waals surface area contributed by atoms with Gasteiger partial charge in [-0.15, -0.1) is 0 Å². The fourth-order valence-corrected chi connectivity index (χ4v) is 3.80. The summed E-state index contributed by atoms with van der Waals surface area (Å²) in [5.74, 6) is -0.359. The van der Waals surface area contributed by atoms with Crippen molar-refractivity contribution in [2.45, 2.75) is 19.8 Å². The largest absolute Gasteiger partial charge is 0.333 e. The summed E-state index contributed by atoms with van der Waals surface area (Å²) < 4.78 is 15.1. The molecule has 0 aliphatic rings. The number of benzene rings is 3. The third-order valence-electron chi connectivity index (χ3n) is 5.50. The van der Waals surface area contributed by atoms with E-state index in [1.54, 1.807) is 27.8 Å². The molecule has 0 aliphatic heterocycles. The van der Waals surface area contributed by atoms with Crippen molar-refractivity contribution < 1.29 is 14.0 Å². The summed E-state index contributed by atoms with van der Waals surface area (Å²) in [6.07, 6.45) is 0.971. The molecule has 3 aromatic carbocycles. The van der Waals surface area contributed by atoms with Crippen molar-refractivity contribution >= 4 is 17.6 Å². The number of hydrogen-bond donors (Lipinski definition) is 1. The first kappa shape index (κ1) is 23.9. The summed E-state index contributed by atoms with van der Waals surface area (Å²) >= 11 is 0. The standard InChI is InChI=1S/C28H27FN4O2/c1-2-17-32(28(35)18-21-9-5-3-6-10-21)20-27(34)30-26-19-25(22-11-7-4-8-12-22)31-33(26)24-15-13-23(29)14-16-24/h3-16,19H,2,17-18,20H2,1H3,(H,30,34). The molecule has 35 heavy (non-hydrogen) atoms. The zero-order valence-corrected chi connectivity index (χ0v) is 19.5. The molecule has 6 nitrogen and oxygen atoms in total. The van der Waals surface area contributed by atoms with E-state index in [1.165, 1.54) is 12.1 Å². The van der Waals surface area contributed by atoms with Crippen molar-refractivity contribution in [3.8, 4) is 16.9 Å². The Morgan fingerprint density at radius 3 is 2.26 bits per heavy atom. The van der Waals surface area contributed by atoms with Crippen molar-refractivity contribution in [3.05, 3.63) is 102 Å². The van der Waals surface area contributed by atoms with E-state index < -0.39 is 0 Å². The van der Waals surface area contributed by atoms with E-state index in [0.717, 1.165) is 17.5 Å². The lowest BCUT2D eigenvalue weighted by atomic mass is 10.1. The van der Waals surface area contributed by atoms with E-state index in [4.69, 9.17) is 0 Å². The summed E-state index contributed by atoms with van der Waals surface area (Å²) in [4.78, 5) is 27.5. The summed E-state index contributed by atoms with van der Waals surface area (Å²) in [6, 6.07) is 26.7. The molecule has 178 valence electrons. The van der Waals surface area contributed by atoms with Gasteiger partial charge in [0.15, 0.2) is 0 Å². The van der Waals surface area contributed by atoms with E-state index >= 15 is 0 Å². The molecule has 0 bridgehead atoms. The number of hydrogen-bond acceptors (Lipinski definition) is 3. The molecule has 4 rings (SSSR count). The van der Waals surface area contributed by atoms with Gasteiger partial charge < -0.3 is 10.2 Å². The predicted octanol–water partition coefficient (Wildman–Crippen LogP) is 5.10. The Kier molecular flexibility index (Phi) is 7.67. The minimum Gasteiger partial charge on any atom is -0.333 e. The first-order valence-corrected chi connectivity index (χ1v) is 11.6. The second kappa shape index (κ2) is 11.2. The molecule has 0 atom stereocenters. The second-order valence-corrected chi connectivity index (χ2v) is 8.19. The van der Waals surface area contributed by atoms with Crippen LogP contribution in [0.5, 0.6) is 0 Å². The Hall–Kier alpha value is -4.26. The third kappa shape index (κ3) is 6.20. The van der Waals surface area contributed by atoms with Crippen LogP contribution in [0.25, 0.3) is 16.9 Å². The number of anilines is 1. The van der Waals surface area contributed by atoms with Crippen LogP contribution < -0.4 is 5.32 Å². The molecule has 0 unspecified atom stereocenters. The predicted molar refractivity (Wildman–Crippen MR) is 135 cm³/mol. The second-order valence-electron chi connectivity index (χ2n) is 8.19. The van der Waals surface area contributed by atoms with Gasteiger partial charge in [-0.25, -0.2) is 9.07 Å². The topological polar surface area (TPSA) is 67.2 Å². The summed E-state index contributed by atoms with van der Waals surface area (Å²) in [5.41, 5.74) is 3.06. The maximum Gasteiger partial charge on any atom is 0.245 e. The maximum atomic E-state index is 13.5. The monoisotopic (exact) mass is 470 g/mol. The molecule has 0 radical (unpaired) electrons. The summed E-state index contributed by atoms with van der Waals surface area (Å²) in [6.45, 7) is 2.37. The van der Waals surface area contributed by atoms with Gasteiger partial charge in [-0.1, -0.05) is 67.6 Å². The highest BCUT2D eigenvalue weighted by molar-refractivity contribution is 5.95. The van der Waals surface area contributed by atoms with Gasteiger partial charge >= 0.3 is 0 Å². The molecule has 1 N–H and O–H groups in total. The normalized spacial score (nSPS) is 10.7. The number of carbonyl (C=O) groups is 2. The van der Waals surface area contributed by atoms with Crippen molar-refractivity contribution in [1.82, 2.24) is 14.7 Å². The highest BCUT2D eigenvalue weighted by Crippen LogP contribution is 2.25. The molecular formula is C28H27FN4O2. The Labute approximate surface area is 204 Å². The number of halogens is 1. The SMILES string of the molecule is CCCN(CC(=O)Nc1cc(-c2ccccc2)nn1-c1ccc(F)cc1)C(=O)Cc1ccccc1. The highest BCUT2D eigenvalue weighted by atomic mass is 19.1. The van der Waals surface area contributed by atoms with Gasteiger partial charge in [-0.05, 0) is 36.2 Å². The van der Waals surface area contributed by atoms with Gasteiger partial charge in [-0.3, -0.25) is 9.59 Å². The van der Waals surface area contributed by atoms with Crippen LogP contribution in [-0.4, -0.2) is 39.6 Å². The number of amides is 2. The number of carbonyl (C=O) groups excluding carboxylic acids is 2. The quantitative estimate of drug-likeness (QED) is 0.370. The number of nitrogens with zero attached hydrogens (tertiary/aromatic N) is 3. The highest BCUT2D eigenvalue weighted by Gasteiger charge is 2.19. The van der Waals surface area contributed by atoms with Gasteiger partial charge in [0, 0.05) is 18.2 Å². The molecule has 0 saturated carbocycles. The Bertz CT molecular complexity index is 1270. The fourth-order valence-electron chi connectivity index (χ4n) is 3.80. The van der Waals surface area contributed by atoms with Crippen molar-refractivity contribution in [1.29, 1.82) is 0 Å². The van der Waals surface area contributed by atoms with Gasteiger partial charge in [0.2, 0.25) is 11.8 Å². The minimum atomic E-state index is -0.359. The van der Waals surface area contributed by atoms with E-state index in [1.807, 2.05) is 67.6 Å². The van der Waals surface area contributed by atoms with E-state index in [0.29, 0.717) is 23.7 Å². The van der Waals surface area contributed by atoms with Crippen LogP contribution in [0.2, 0.25) is 0 Å². The smallest absolute Gasteiger partial charge is 0.245 e. The number of nitrogens with one attached hydrogen (secondary N) is 1. The molecule has 0 spiro atoms. The average Bonchev–Trinajstić information content (AvgIpc) is 3.29. The molecular weight excluding hydrogens is 443 g/mol. The van der Waals surface area contributed by atoms with Crippen molar-refractivity contribution in [2.24, 2.45) is 0 Å². The van der Waals surface area contributed by atoms with Crippen LogP contribution in [-0.2, 0) is 16.0 Å². The Morgan fingerprint density at radius 2 is 1.60 bits per heavy atom. The lowest BCUT2D eigenvalue weighted by molar-refractivity contribution is -0.134. The van der Waals surface area contributed by atoms with Gasteiger partial charge in [-0.2, -0.15) is 5.10 Å². The molecule has 1 aromatic heterocycles. The van der Waals surface area contributed by atoms with Gasteiger partial charge in [0.25, 0.3) is 0 Å². The van der Waals surface area contributed by atoms with Crippen LogP contribution in [0.1, 0.15) is 18.9 Å². The average molecular weight is 471 g/mol. The molecule has 0 aliphatic carbocycles. The lowest BCUT2D eigenvalue weighted by Crippen LogP contribution is -2.39. The van der Waals surface area contributed by atoms with E-state index in [9.17, 15) is 14.0 Å². The molecule has 4 aromatic rings. The van der Waals surface area contributed by atoms with Gasteiger partial charge in [0.05, 0.1) is 24.3 Å². The van der Waals surface area contributed by atoms with E-state index in [2.05, 4.69) is 10.4 Å². The zero-order chi connectivity index (χ0) is 24.6. The first-order valence-electron chi connectivity index (χ1n) is 11.6. The Balaban J connectivity index is 1.55.